The molecule has 0 aromatic carbocycles. The van der Waals surface area contributed by atoms with Gasteiger partial charge in [0.25, 0.3) is 0 Å². The van der Waals surface area contributed by atoms with Gasteiger partial charge in [-0.1, -0.05) is 0 Å². The second kappa shape index (κ2) is 3.09. The van der Waals surface area contributed by atoms with Crippen molar-refractivity contribution in [3.05, 3.63) is 24.5 Å². The van der Waals surface area contributed by atoms with E-state index in [1.165, 1.54) is 0 Å². The number of aromatic amines is 1. The fourth-order valence-corrected chi connectivity index (χ4v) is 1.24. The summed E-state index contributed by atoms with van der Waals surface area (Å²) in [5.41, 5.74) is 1.04. The zero-order chi connectivity index (χ0) is 9.26. The number of hydrogen-bond donors (Lipinski definition) is 1. The van der Waals surface area contributed by atoms with E-state index in [9.17, 15) is 0 Å². The minimum atomic E-state index is 0.170. The van der Waals surface area contributed by atoms with Gasteiger partial charge in [0.05, 0.1) is 17.8 Å². The third kappa shape index (κ3) is 1.64. The molecule has 1 N–H and O–H groups in total. The summed E-state index contributed by atoms with van der Waals surface area (Å²) in [5.74, 6) is 0.683. The van der Waals surface area contributed by atoms with Crippen LogP contribution >= 0.6 is 0 Å². The van der Waals surface area contributed by atoms with Crippen molar-refractivity contribution in [2.75, 3.05) is 0 Å². The number of pyridine rings is 1. The van der Waals surface area contributed by atoms with E-state index in [2.05, 4.69) is 9.97 Å². The number of aromatic nitrogens is 2. The van der Waals surface area contributed by atoms with Crippen LogP contribution in [-0.2, 0) is 0 Å². The van der Waals surface area contributed by atoms with Crippen molar-refractivity contribution in [1.82, 2.24) is 9.97 Å². The molecule has 2 rings (SSSR count). The molecule has 0 radical (unpaired) electrons. The summed E-state index contributed by atoms with van der Waals surface area (Å²) < 4.78 is 5.47. The van der Waals surface area contributed by atoms with Crippen LogP contribution in [0.25, 0.3) is 10.9 Å². The van der Waals surface area contributed by atoms with Crippen molar-refractivity contribution < 1.29 is 4.74 Å². The molecule has 0 atom stereocenters. The molecule has 0 saturated carbocycles. The minimum absolute atomic E-state index is 0.170. The van der Waals surface area contributed by atoms with E-state index in [4.69, 9.17) is 4.74 Å². The molecule has 0 amide bonds. The Morgan fingerprint density at radius 1 is 1.46 bits per heavy atom. The van der Waals surface area contributed by atoms with Gasteiger partial charge in [0.1, 0.15) is 0 Å². The first-order valence-corrected chi connectivity index (χ1v) is 4.35. The molecule has 0 spiro atoms. The number of H-pyrrole nitrogens is 1. The first kappa shape index (κ1) is 8.10. The van der Waals surface area contributed by atoms with Crippen LogP contribution < -0.4 is 4.74 Å². The van der Waals surface area contributed by atoms with E-state index < -0.39 is 0 Å². The Balaban J connectivity index is 2.37. The van der Waals surface area contributed by atoms with Gasteiger partial charge >= 0.3 is 0 Å². The highest BCUT2D eigenvalue weighted by Crippen LogP contribution is 2.17. The lowest BCUT2D eigenvalue weighted by atomic mass is 10.3. The number of nitrogens with zero attached hydrogens (tertiary/aromatic N) is 1. The van der Waals surface area contributed by atoms with E-state index in [0.29, 0.717) is 5.88 Å². The Kier molecular flexibility index (Phi) is 1.93. The number of fused-ring (bicyclic) bond motifs is 1. The van der Waals surface area contributed by atoms with Gasteiger partial charge in [0, 0.05) is 17.6 Å². The maximum atomic E-state index is 5.47. The molecule has 0 unspecified atom stereocenters. The first-order chi connectivity index (χ1) is 6.25. The summed E-state index contributed by atoms with van der Waals surface area (Å²) in [7, 11) is 0. The average molecular weight is 176 g/mol. The van der Waals surface area contributed by atoms with Crippen molar-refractivity contribution in [2.45, 2.75) is 20.0 Å². The predicted molar refractivity (Wildman–Crippen MR) is 51.9 cm³/mol. The van der Waals surface area contributed by atoms with Crippen LogP contribution in [-0.4, -0.2) is 16.1 Å². The topological polar surface area (TPSA) is 37.9 Å². The SMILES string of the molecule is CC(C)Oc1cc2cc[nH]c2cn1. The van der Waals surface area contributed by atoms with E-state index in [1.54, 1.807) is 6.20 Å². The lowest BCUT2D eigenvalue weighted by molar-refractivity contribution is 0.233. The molecule has 0 aliphatic carbocycles. The molecule has 3 nitrogen and oxygen atoms in total. The molecule has 0 aliphatic rings. The lowest BCUT2D eigenvalue weighted by Gasteiger charge is -2.07. The summed E-state index contributed by atoms with van der Waals surface area (Å²) in [6, 6.07) is 3.94. The first-order valence-electron chi connectivity index (χ1n) is 4.35. The molecule has 2 aromatic heterocycles. The van der Waals surface area contributed by atoms with Crippen LogP contribution in [0.5, 0.6) is 5.88 Å². The van der Waals surface area contributed by atoms with E-state index in [1.807, 2.05) is 32.2 Å². The van der Waals surface area contributed by atoms with Crippen LogP contribution in [0.15, 0.2) is 24.5 Å². The van der Waals surface area contributed by atoms with Gasteiger partial charge < -0.3 is 9.72 Å². The van der Waals surface area contributed by atoms with E-state index in [-0.39, 0.29) is 6.10 Å². The van der Waals surface area contributed by atoms with Crippen LogP contribution in [0, 0.1) is 0 Å². The number of ether oxygens (including phenoxy) is 1. The molecule has 2 heterocycles. The molecule has 3 heteroatoms. The van der Waals surface area contributed by atoms with Crippen molar-refractivity contribution in [3.63, 3.8) is 0 Å². The highest BCUT2D eigenvalue weighted by atomic mass is 16.5. The molecule has 0 aliphatic heterocycles. The summed E-state index contributed by atoms with van der Waals surface area (Å²) in [6.07, 6.45) is 3.85. The molecule has 0 bridgehead atoms. The van der Waals surface area contributed by atoms with Gasteiger partial charge in [-0.05, 0) is 19.9 Å². The zero-order valence-corrected chi connectivity index (χ0v) is 7.74. The zero-order valence-electron chi connectivity index (χ0n) is 7.74. The fraction of sp³-hybridized carbons (Fsp3) is 0.300. The fourth-order valence-electron chi connectivity index (χ4n) is 1.24. The monoisotopic (exact) mass is 176 g/mol. The Labute approximate surface area is 76.8 Å². The van der Waals surface area contributed by atoms with E-state index in [0.717, 1.165) is 10.9 Å². The molecule has 0 fully saturated rings. The molecule has 68 valence electrons. The predicted octanol–water partition coefficient (Wildman–Crippen LogP) is 2.35. The number of rotatable bonds is 2. The third-order valence-corrected chi connectivity index (χ3v) is 1.77. The van der Waals surface area contributed by atoms with Crippen LogP contribution in [0.1, 0.15) is 13.8 Å². The molecular formula is C10H12N2O. The molecule has 2 aromatic rings. The van der Waals surface area contributed by atoms with Crippen molar-refractivity contribution >= 4 is 10.9 Å². The summed E-state index contributed by atoms with van der Waals surface area (Å²) in [5, 5.41) is 1.13. The largest absolute Gasteiger partial charge is 0.475 e. The molecule has 0 saturated heterocycles. The highest BCUT2D eigenvalue weighted by molar-refractivity contribution is 5.79. The van der Waals surface area contributed by atoms with Gasteiger partial charge in [-0.25, -0.2) is 4.98 Å². The standard InChI is InChI=1S/C10H12N2O/c1-7(2)13-10-5-8-3-4-11-9(8)6-12-10/h3-7,11H,1-2H3. The van der Waals surface area contributed by atoms with Crippen LogP contribution in [0.3, 0.4) is 0 Å². The molecule has 13 heavy (non-hydrogen) atoms. The maximum Gasteiger partial charge on any atom is 0.214 e. The summed E-state index contributed by atoms with van der Waals surface area (Å²) >= 11 is 0. The summed E-state index contributed by atoms with van der Waals surface area (Å²) in [6.45, 7) is 3.98. The second-order valence-electron chi connectivity index (χ2n) is 3.25. The minimum Gasteiger partial charge on any atom is -0.475 e. The van der Waals surface area contributed by atoms with Gasteiger partial charge in [0.15, 0.2) is 0 Å². The van der Waals surface area contributed by atoms with Crippen molar-refractivity contribution in [3.8, 4) is 5.88 Å². The normalized spacial score (nSPS) is 11.0. The Morgan fingerprint density at radius 3 is 3.08 bits per heavy atom. The smallest absolute Gasteiger partial charge is 0.214 e. The Hall–Kier alpha value is -1.51. The number of hydrogen-bond acceptors (Lipinski definition) is 2. The third-order valence-electron chi connectivity index (χ3n) is 1.77. The maximum absolute atomic E-state index is 5.47. The van der Waals surface area contributed by atoms with Crippen LogP contribution in [0.4, 0.5) is 0 Å². The van der Waals surface area contributed by atoms with Gasteiger partial charge in [0.2, 0.25) is 5.88 Å². The summed E-state index contributed by atoms with van der Waals surface area (Å²) in [4.78, 5) is 7.25. The van der Waals surface area contributed by atoms with Crippen LogP contribution in [0.2, 0.25) is 0 Å². The number of nitrogens with one attached hydrogen (secondary N) is 1. The lowest BCUT2D eigenvalue weighted by Crippen LogP contribution is -2.06. The van der Waals surface area contributed by atoms with Crippen molar-refractivity contribution in [2.24, 2.45) is 0 Å². The van der Waals surface area contributed by atoms with Gasteiger partial charge in [-0.3, -0.25) is 0 Å². The average Bonchev–Trinajstić information content (AvgIpc) is 2.49. The van der Waals surface area contributed by atoms with Gasteiger partial charge in [-0.2, -0.15) is 0 Å². The van der Waals surface area contributed by atoms with E-state index >= 15 is 0 Å². The molecular weight excluding hydrogens is 164 g/mol. The highest BCUT2D eigenvalue weighted by Gasteiger charge is 2.00. The Morgan fingerprint density at radius 2 is 2.31 bits per heavy atom. The van der Waals surface area contributed by atoms with Crippen molar-refractivity contribution in [1.29, 1.82) is 0 Å². The van der Waals surface area contributed by atoms with Gasteiger partial charge in [-0.15, -0.1) is 0 Å². The Bertz CT molecular complexity index is 406. The quantitative estimate of drug-likeness (QED) is 0.762. The second-order valence-corrected chi connectivity index (χ2v) is 3.25.